The molecule has 0 radical (unpaired) electrons. The van der Waals surface area contributed by atoms with Crippen molar-refractivity contribution in [1.82, 2.24) is 4.98 Å². The van der Waals surface area contributed by atoms with Gasteiger partial charge in [-0.05, 0) is 42.8 Å². The third kappa shape index (κ3) is 3.43. The largest absolute Gasteiger partial charge is 0.496 e. The number of nitrogens with zero attached hydrogens (tertiary/aromatic N) is 1. The summed E-state index contributed by atoms with van der Waals surface area (Å²) < 4.78 is 5.52. The topological polar surface area (TPSA) is 34.2 Å². The number of thiazole rings is 1. The molecule has 1 N–H and O–H groups in total. The first-order chi connectivity index (χ1) is 11.2. The molecule has 0 saturated heterocycles. The summed E-state index contributed by atoms with van der Waals surface area (Å²) in [5.41, 5.74) is 5.20. The molecular formula is C19H18N2OS. The molecule has 2 aromatic carbocycles. The zero-order chi connectivity index (χ0) is 16.2. The van der Waals surface area contributed by atoms with Gasteiger partial charge >= 0.3 is 0 Å². The summed E-state index contributed by atoms with van der Waals surface area (Å²) in [7, 11) is 1.69. The van der Waals surface area contributed by atoms with Gasteiger partial charge in [-0.25, -0.2) is 4.98 Å². The highest BCUT2D eigenvalue weighted by Crippen LogP contribution is 2.35. The van der Waals surface area contributed by atoms with Gasteiger partial charge in [0.05, 0.1) is 7.11 Å². The van der Waals surface area contributed by atoms with Crippen LogP contribution >= 0.6 is 11.3 Å². The molecule has 3 rings (SSSR count). The second kappa shape index (κ2) is 6.67. The van der Waals surface area contributed by atoms with Crippen molar-refractivity contribution in [2.45, 2.75) is 6.92 Å². The number of benzene rings is 2. The molecule has 0 aliphatic rings. The van der Waals surface area contributed by atoms with Gasteiger partial charge in [0, 0.05) is 34.1 Å². The minimum Gasteiger partial charge on any atom is -0.496 e. The summed E-state index contributed by atoms with van der Waals surface area (Å²) in [6.07, 6.45) is 1.82. The van der Waals surface area contributed by atoms with Gasteiger partial charge in [-0.15, -0.1) is 11.3 Å². The minimum absolute atomic E-state index is 0.853. The molecule has 0 fully saturated rings. The lowest BCUT2D eigenvalue weighted by Gasteiger charge is -2.11. The summed E-state index contributed by atoms with van der Waals surface area (Å²) in [5.74, 6) is 0.853. The Morgan fingerprint density at radius 2 is 1.87 bits per heavy atom. The number of anilines is 1. The van der Waals surface area contributed by atoms with E-state index < -0.39 is 0 Å². The summed E-state index contributed by atoms with van der Waals surface area (Å²) in [6.45, 7) is 5.80. The first-order valence-electron chi connectivity index (χ1n) is 7.28. The molecule has 1 aromatic heterocycles. The molecule has 116 valence electrons. The predicted molar refractivity (Wildman–Crippen MR) is 98.0 cm³/mol. The van der Waals surface area contributed by atoms with E-state index in [1.54, 1.807) is 18.4 Å². The van der Waals surface area contributed by atoms with Gasteiger partial charge in [-0.3, -0.25) is 0 Å². The molecule has 3 aromatic rings. The lowest BCUT2D eigenvalue weighted by atomic mass is 10.0. The van der Waals surface area contributed by atoms with E-state index in [1.807, 2.05) is 42.8 Å². The molecule has 3 nitrogen and oxygen atoms in total. The highest BCUT2D eigenvalue weighted by atomic mass is 32.1. The van der Waals surface area contributed by atoms with Crippen LogP contribution in [0.4, 0.5) is 5.69 Å². The normalized spacial score (nSPS) is 10.3. The third-order valence-electron chi connectivity index (χ3n) is 3.43. The highest BCUT2D eigenvalue weighted by Gasteiger charge is 2.09. The van der Waals surface area contributed by atoms with Crippen LogP contribution in [-0.2, 0) is 0 Å². The van der Waals surface area contributed by atoms with Crippen molar-refractivity contribution in [3.05, 3.63) is 66.3 Å². The molecule has 0 aliphatic carbocycles. The highest BCUT2D eigenvalue weighted by molar-refractivity contribution is 7.13. The van der Waals surface area contributed by atoms with Crippen LogP contribution in [0.3, 0.4) is 0 Å². The van der Waals surface area contributed by atoms with E-state index in [4.69, 9.17) is 4.74 Å². The van der Waals surface area contributed by atoms with Crippen LogP contribution in [-0.4, -0.2) is 12.1 Å². The van der Waals surface area contributed by atoms with Crippen LogP contribution in [0.1, 0.15) is 6.92 Å². The van der Waals surface area contributed by atoms with E-state index in [0.717, 1.165) is 38.8 Å². The molecule has 0 aliphatic heterocycles. The Kier molecular flexibility index (Phi) is 4.44. The second-order valence-electron chi connectivity index (χ2n) is 5.24. The van der Waals surface area contributed by atoms with Crippen LogP contribution in [0.15, 0.2) is 66.3 Å². The number of methoxy groups -OCH3 is 1. The van der Waals surface area contributed by atoms with Crippen LogP contribution in [0.2, 0.25) is 0 Å². The average molecular weight is 322 g/mol. The predicted octanol–water partition coefficient (Wildman–Crippen LogP) is 5.43. The maximum absolute atomic E-state index is 5.52. The zero-order valence-electron chi connectivity index (χ0n) is 13.2. The van der Waals surface area contributed by atoms with E-state index >= 15 is 0 Å². The Labute approximate surface area is 140 Å². The SMILES string of the molecule is C=C(C)Nc1ccc(-c2cc(-c3nccs3)ccc2OC)cc1. The molecule has 0 spiro atoms. The quantitative estimate of drug-likeness (QED) is 0.680. The third-order valence-corrected chi connectivity index (χ3v) is 4.25. The number of hydrogen-bond donors (Lipinski definition) is 1. The summed E-state index contributed by atoms with van der Waals surface area (Å²) in [4.78, 5) is 4.38. The molecule has 0 bridgehead atoms. The number of aromatic nitrogens is 1. The molecule has 1 heterocycles. The van der Waals surface area contributed by atoms with Crippen LogP contribution in [0.25, 0.3) is 21.7 Å². The van der Waals surface area contributed by atoms with E-state index in [9.17, 15) is 0 Å². The minimum atomic E-state index is 0.853. The number of allylic oxidation sites excluding steroid dienone is 1. The number of nitrogens with one attached hydrogen (secondary N) is 1. The van der Waals surface area contributed by atoms with Crippen molar-refractivity contribution in [2.24, 2.45) is 0 Å². The molecule has 0 amide bonds. The first-order valence-corrected chi connectivity index (χ1v) is 8.16. The van der Waals surface area contributed by atoms with E-state index in [0.29, 0.717) is 0 Å². The van der Waals surface area contributed by atoms with Crippen molar-refractivity contribution < 1.29 is 4.74 Å². The Bertz CT molecular complexity index is 808. The number of hydrogen-bond acceptors (Lipinski definition) is 4. The van der Waals surface area contributed by atoms with Gasteiger partial charge in [0.2, 0.25) is 0 Å². The van der Waals surface area contributed by atoms with Crippen LogP contribution < -0.4 is 10.1 Å². The lowest BCUT2D eigenvalue weighted by molar-refractivity contribution is 0.416. The number of ether oxygens (including phenoxy) is 1. The smallest absolute Gasteiger partial charge is 0.126 e. The number of rotatable bonds is 5. The Morgan fingerprint density at radius 3 is 2.48 bits per heavy atom. The van der Waals surface area contributed by atoms with Gasteiger partial charge in [0.15, 0.2) is 0 Å². The fraction of sp³-hybridized carbons (Fsp3) is 0.105. The lowest BCUT2D eigenvalue weighted by Crippen LogP contribution is -1.93. The molecule has 4 heteroatoms. The fourth-order valence-corrected chi connectivity index (χ4v) is 3.05. The monoisotopic (exact) mass is 322 g/mol. The van der Waals surface area contributed by atoms with Crippen molar-refractivity contribution in [2.75, 3.05) is 12.4 Å². The Hall–Kier alpha value is -2.59. The van der Waals surface area contributed by atoms with Crippen LogP contribution in [0.5, 0.6) is 5.75 Å². The van der Waals surface area contributed by atoms with Gasteiger partial charge < -0.3 is 10.1 Å². The van der Waals surface area contributed by atoms with Gasteiger partial charge in [0.1, 0.15) is 10.8 Å². The second-order valence-corrected chi connectivity index (χ2v) is 6.13. The van der Waals surface area contributed by atoms with Crippen molar-refractivity contribution in [1.29, 1.82) is 0 Å². The van der Waals surface area contributed by atoms with E-state index in [2.05, 4.69) is 35.1 Å². The Balaban J connectivity index is 2.00. The maximum Gasteiger partial charge on any atom is 0.126 e. The maximum atomic E-state index is 5.52. The zero-order valence-corrected chi connectivity index (χ0v) is 14.0. The fourth-order valence-electron chi connectivity index (χ4n) is 2.41. The summed E-state index contributed by atoms with van der Waals surface area (Å²) in [5, 5.41) is 6.20. The molecule has 0 unspecified atom stereocenters. The summed E-state index contributed by atoms with van der Waals surface area (Å²) in [6, 6.07) is 14.4. The standard InChI is InChI=1S/C19H18N2OS/c1-13(2)21-16-7-4-14(5-8-16)17-12-15(6-9-18(17)22-3)19-20-10-11-23-19/h4-12,21H,1H2,2-3H3. The first kappa shape index (κ1) is 15.3. The Morgan fingerprint density at radius 1 is 1.13 bits per heavy atom. The molecule has 0 atom stereocenters. The van der Waals surface area contributed by atoms with Crippen molar-refractivity contribution in [3.8, 4) is 27.4 Å². The van der Waals surface area contributed by atoms with E-state index in [-0.39, 0.29) is 0 Å². The molecule has 23 heavy (non-hydrogen) atoms. The summed E-state index contributed by atoms with van der Waals surface area (Å²) >= 11 is 1.63. The van der Waals surface area contributed by atoms with Crippen molar-refractivity contribution >= 4 is 17.0 Å². The molecule has 0 saturated carbocycles. The van der Waals surface area contributed by atoms with Crippen molar-refractivity contribution in [3.63, 3.8) is 0 Å². The van der Waals surface area contributed by atoms with Gasteiger partial charge in [-0.2, -0.15) is 0 Å². The average Bonchev–Trinajstić information content (AvgIpc) is 3.09. The van der Waals surface area contributed by atoms with Gasteiger partial charge in [-0.1, -0.05) is 18.7 Å². The molecular weight excluding hydrogens is 304 g/mol. The van der Waals surface area contributed by atoms with Gasteiger partial charge in [0.25, 0.3) is 0 Å². The van der Waals surface area contributed by atoms with Crippen LogP contribution in [0, 0.1) is 0 Å². The van der Waals surface area contributed by atoms with E-state index in [1.165, 1.54) is 0 Å².